The summed E-state index contributed by atoms with van der Waals surface area (Å²) in [6.45, 7) is -0.442. The molecule has 0 unspecified atom stereocenters. The molecular formula is C29H18BrF4N3O4S2. The van der Waals surface area contributed by atoms with Crippen LogP contribution in [0.25, 0.3) is 0 Å². The number of fused-ring (bicyclic) bond motifs is 2. The third-order valence-electron chi connectivity index (χ3n) is 7.16. The van der Waals surface area contributed by atoms with Crippen molar-refractivity contribution in [1.82, 2.24) is 4.57 Å². The number of nitrogens with one attached hydrogen (secondary N) is 1. The van der Waals surface area contributed by atoms with Crippen LogP contribution < -0.4 is 15.1 Å². The molecule has 4 aromatic rings. The van der Waals surface area contributed by atoms with Crippen molar-refractivity contribution in [2.45, 2.75) is 28.9 Å². The molecule has 0 aliphatic carbocycles. The third kappa shape index (κ3) is 5.31. The number of aromatic nitrogens is 1. The van der Waals surface area contributed by atoms with Crippen LogP contribution in [0.4, 0.5) is 28.9 Å². The van der Waals surface area contributed by atoms with Crippen LogP contribution >= 0.6 is 39.0 Å². The number of anilines is 2. The number of nitrogens with zero attached hydrogens (tertiary/aromatic N) is 2. The zero-order valence-corrected chi connectivity index (χ0v) is 24.8. The van der Waals surface area contributed by atoms with Crippen molar-refractivity contribution in [2.24, 2.45) is 5.92 Å². The quantitative estimate of drug-likeness (QED) is 0.197. The van der Waals surface area contributed by atoms with E-state index in [4.69, 9.17) is 0 Å². The number of para-hydroxylation sites is 1. The smallest absolute Gasteiger partial charge is 0.325 e. The zero-order valence-electron chi connectivity index (χ0n) is 21.6. The Bertz CT molecular complexity index is 1820. The second-order valence-corrected chi connectivity index (χ2v) is 12.8. The monoisotopic (exact) mass is 691 g/mol. The van der Waals surface area contributed by atoms with Gasteiger partial charge in [-0.15, -0.1) is 0 Å². The molecule has 14 heteroatoms. The van der Waals surface area contributed by atoms with Gasteiger partial charge in [0.15, 0.2) is 0 Å². The van der Waals surface area contributed by atoms with Crippen molar-refractivity contribution in [1.29, 1.82) is 0 Å². The normalized spacial score (nSPS) is 19.7. The van der Waals surface area contributed by atoms with Crippen LogP contribution in [0.5, 0.6) is 0 Å². The SMILES string of the molecule is O=C(Cn1c2c(sc1=O)[C@@H](c1ccc(Br)cc1)[C@@H]1C(=O)N(c3ccccc3C(F)(F)F)C(=O)[C@@H]1S2)Nc1ccc(F)cc1. The van der Waals surface area contributed by atoms with E-state index in [-0.39, 0.29) is 5.03 Å². The molecule has 7 nitrogen and oxygen atoms in total. The summed E-state index contributed by atoms with van der Waals surface area (Å²) in [7, 11) is 0. The number of rotatable bonds is 5. The van der Waals surface area contributed by atoms with E-state index in [0.29, 0.717) is 21.0 Å². The van der Waals surface area contributed by atoms with E-state index >= 15 is 0 Å². The first-order valence-electron chi connectivity index (χ1n) is 12.7. The summed E-state index contributed by atoms with van der Waals surface area (Å²) in [6.07, 6.45) is -4.82. The van der Waals surface area contributed by atoms with Crippen LogP contribution in [-0.4, -0.2) is 27.5 Å². The van der Waals surface area contributed by atoms with Crippen LogP contribution in [0.1, 0.15) is 21.9 Å². The lowest BCUT2D eigenvalue weighted by Gasteiger charge is -2.30. The maximum Gasteiger partial charge on any atom is 0.418 e. The number of alkyl halides is 3. The molecule has 0 saturated carbocycles. The fourth-order valence-electron chi connectivity index (χ4n) is 5.31. The predicted molar refractivity (Wildman–Crippen MR) is 157 cm³/mol. The number of carbonyl (C=O) groups excluding carboxylic acids is 3. The van der Waals surface area contributed by atoms with Gasteiger partial charge in [-0.3, -0.25) is 23.7 Å². The van der Waals surface area contributed by atoms with Crippen molar-refractivity contribution in [3.63, 3.8) is 0 Å². The van der Waals surface area contributed by atoms with Crippen molar-refractivity contribution >= 4 is 68.1 Å². The molecular weight excluding hydrogens is 674 g/mol. The minimum absolute atomic E-state index is 0.283. The summed E-state index contributed by atoms with van der Waals surface area (Å²) in [4.78, 5) is 54.4. The molecule has 6 rings (SSSR count). The maximum atomic E-state index is 13.9. The lowest BCUT2D eigenvalue weighted by Crippen LogP contribution is -2.33. The molecule has 3 atom stereocenters. The standard InChI is InChI=1S/C29H18BrF4N3O4S2/c30-15-7-5-14(6-8-15)21-22-23(26(40)37(25(22)39)19-4-2-1-3-18(19)29(32,33)34)42-27-24(21)43-28(41)36(27)13-20(38)35-17-11-9-16(31)10-12-17/h1-12,21-23H,13H2,(H,35,38)/t21-,22-,23+/m0/s1. The van der Waals surface area contributed by atoms with Gasteiger partial charge in [-0.25, -0.2) is 9.29 Å². The lowest BCUT2D eigenvalue weighted by molar-refractivity contribution is -0.137. The molecule has 3 heterocycles. The molecule has 1 N–H and O–H groups in total. The first-order valence-corrected chi connectivity index (χ1v) is 15.2. The summed E-state index contributed by atoms with van der Waals surface area (Å²) in [6, 6.07) is 16.3. The Morgan fingerprint density at radius 3 is 2.28 bits per heavy atom. The molecule has 3 amide bonds. The number of benzene rings is 3. The molecule has 1 fully saturated rings. The maximum absolute atomic E-state index is 13.9. The van der Waals surface area contributed by atoms with Gasteiger partial charge in [0.1, 0.15) is 17.6 Å². The van der Waals surface area contributed by atoms with E-state index in [9.17, 15) is 36.7 Å². The van der Waals surface area contributed by atoms with Crippen molar-refractivity contribution < 1.29 is 31.9 Å². The number of imide groups is 1. The number of carbonyl (C=O) groups is 3. The zero-order chi connectivity index (χ0) is 30.6. The summed E-state index contributed by atoms with van der Waals surface area (Å²) < 4.78 is 56.9. The van der Waals surface area contributed by atoms with E-state index in [1.807, 2.05) is 0 Å². The Labute approximate surface area is 257 Å². The first-order chi connectivity index (χ1) is 20.4. The van der Waals surface area contributed by atoms with Crippen LogP contribution in [0.2, 0.25) is 0 Å². The molecule has 220 valence electrons. The largest absolute Gasteiger partial charge is 0.418 e. The number of amides is 3. The van der Waals surface area contributed by atoms with E-state index in [1.54, 1.807) is 24.3 Å². The molecule has 0 radical (unpaired) electrons. The van der Waals surface area contributed by atoms with Crippen LogP contribution in [0, 0.1) is 11.7 Å². The molecule has 2 aliphatic rings. The number of halogens is 5. The highest BCUT2D eigenvalue weighted by Gasteiger charge is 2.57. The predicted octanol–water partition coefficient (Wildman–Crippen LogP) is 6.26. The molecule has 3 aromatic carbocycles. The van der Waals surface area contributed by atoms with Gasteiger partial charge in [0.25, 0.3) is 0 Å². The summed E-state index contributed by atoms with van der Waals surface area (Å²) in [5.74, 6) is -4.68. The second kappa shape index (κ2) is 11.1. The van der Waals surface area contributed by atoms with Gasteiger partial charge in [0.05, 0.1) is 22.2 Å². The van der Waals surface area contributed by atoms with Gasteiger partial charge < -0.3 is 5.32 Å². The van der Waals surface area contributed by atoms with Crippen LogP contribution in [-0.2, 0) is 27.1 Å². The summed E-state index contributed by atoms with van der Waals surface area (Å²) >= 11 is 5.07. The Balaban J connectivity index is 1.43. The average molecular weight is 693 g/mol. The second-order valence-electron chi connectivity index (χ2n) is 9.80. The van der Waals surface area contributed by atoms with Crippen LogP contribution in [0.3, 0.4) is 0 Å². The number of thiazole rings is 1. The summed E-state index contributed by atoms with van der Waals surface area (Å²) in [5, 5.41) is 1.72. The average Bonchev–Trinajstić information content (AvgIpc) is 3.40. The number of thioether (sulfide) groups is 1. The highest BCUT2D eigenvalue weighted by atomic mass is 79.9. The fraction of sp³-hybridized carbons (Fsp3) is 0.172. The van der Waals surface area contributed by atoms with E-state index in [0.717, 1.165) is 39.7 Å². The van der Waals surface area contributed by atoms with E-state index in [1.165, 1.54) is 41.0 Å². The highest BCUT2D eigenvalue weighted by Crippen LogP contribution is 2.54. The first kappa shape index (κ1) is 29.3. The topological polar surface area (TPSA) is 88.5 Å². The molecule has 1 aromatic heterocycles. The molecule has 0 bridgehead atoms. The van der Waals surface area contributed by atoms with Crippen molar-refractivity contribution in [2.75, 3.05) is 10.2 Å². The Hall–Kier alpha value is -3.75. The van der Waals surface area contributed by atoms with Gasteiger partial charge in [-0.2, -0.15) is 13.2 Å². The molecule has 0 spiro atoms. The van der Waals surface area contributed by atoms with Gasteiger partial charge in [-0.05, 0) is 54.1 Å². The van der Waals surface area contributed by atoms with Gasteiger partial charge in [0.2, 0.25) is 17.7 Å². The van der Waals surface area contributed by atoms with Crippen molar-refractivity contribution in [3.8, 4) is 0 Å². The molecule has 43 heavy (non-hydrogen) atoms. The van der Waals surface area contributed by atoms with Gasteiger partial charge in [-0.1, -0.05) is 63.3 Å². The van der Waals surface area contributed by atoms with E-state index in [2.05, 4.69) is 21.2 Å². The third-order valence-corrected chi connectivity index (χ3v) is 10.3. The number of hydrogen-bond donors (Lipinski definition) is 1. The number of hydrogen-bond acceptors (Lipinski definition) is 6. The minimum Gasteiger partial charge on any atom is -0.325 e. The van der Waals surface area contributed by atoms with Gasteiger partial charge in [0, 0.05) is 21.0 Å². The van der Waals surface area contributed by atoms with Crippen molar-refractivity contribution in [3.05, 3.63) is 109 Å². The molecule has 2 aliphatic heterocycles. The van der Waals surface area contributed by atoms with E-state index < -0.39 is 69.5 Å². The lowest BCUT2D eigenvalue weighted by atomic mass is 9.83. The Kier molecular flexibility index (Phi) is 7.55. The van der Waals surface area contributed by atoms with Crippen LogP contribution in [0.15, 0.2) is 87.1 Å². The Morgan fingerprint density at radius 1 is 0.930 bits per heavy atom. The fourth-order valence-corrected chi connectivity index (χ4v) is 8.35. The van der Waals surface area contributed by atoms with Gasteiger partial charge >= 0.3 is 11.0 Å². The highest BCUT2D eigenvalue weighted by molar-refractivity contribution is 9.10. The Morgan fingerprint density at radius 2 is 1.60 bits per heavy atom. The summed E-state index contributed by atoms with van der Waals surface area (Å²) in [5.41, 5.74) is -0.797. The molecule has 1 saturated heterocycles. The minimum atomic E-state index is -4.82.